The molecule has 130 valence electrons. The first-order valence-electron chi connectivity index (χ1n) is 7.44. The van der Waals surface area contributed by atoms with Crippen LogP contribution in [0.1, 0.15) is 13.3 Å². The second-order valence-electron chi connectivity index (χ2n) is 4.52. The first kappa shape index (κ1) is 20.9. The van der Waals surface area contributed by atoms with E-state index in [0.29, 0.717) is 52.7 Å². The van der Waals surface area contributed by atoms with Gasteiger partial charge in [-0.25, -0.2) is 0 Å². The molecule has 0 heterocycles. The highest BCUT2D eigenvalue weighted by molar-refractivity contribution is 5.79. The molecule has 0 aliphatic carbocycles. The molecule has 0 aromatic heterocycles. The summed E-state index contributed by atoms with van der Waals surface area (Å²) in [5.41, 5.74) is 5.33. The van der Waals surface area contributed by atoms with E-state index in [1.807, 2.05) is 0 Å². The molecule has 0 aromatic carbocycles. The van der Waals surface area contributed by atoms with Crippen LogP contribution in [0.4, 0.5) is 0 Å². The fraction of sp³-hybridized carbons (Fsp3) is 0.857. The Hall–Kier alpha value is -1.06. The largest absolute Gasteiger partial charge is 0.379 e. The monoisotopic (exact) mass is 320 g/mol. The maximum Gasteiger partial charge on any atom is 0.246 e. The third-order valence-corrected chi connectivity index (χ3v) is 2.34. The van der Waals surface area contributed by atoms with Crippen molar-refractivity contribution in [1.29, 1.82) is 0 Å². The molecule has 3 N–H and O–H groups in total. The van der Waals surface area contributed by atoms with Gasteiger partial charge in [-0.15, -0.1) is 0 Å². The molecule has 0 atom stereocenters. The lowest BCUT2D eigenvalue weighted by molar-refractivity contribution is -0.129. The van der Waals surface area contributed by atoms with E-state index in [0.717, 1.165) is 6.42 Å². The second kappa shape index (κ2) is 16.3. The highest BCUT2D eigenvalue weighted by atomic mass is 16.5. The van der Waals surface area contributed by atoms with Gasteiger partial charge in [-0.3, -0.25) is 9.59 Å². The van der Waals surface area contributed by atoms with Gasteiger partial charge in [0, 0.05) is 13.2 Å². The molecule has 22 heavy (non-hydrogen) atoms. The van der Waals surface area contributed by atoms with E-state index in [2.05, 4.69) is 5.32 Å². The van der Waals surface area contributed by atoms with E-state index < -0.39 is 0 Å². The molecule has 0 fully saturated rings. The van der Waals surface area contributed by atoms with Crippen LogP contribution in [0.3, 0.4) is 0 Å². The van der Waals surface area contributed by atoms with E-state index in [1.165, 1.54) is 6.92 Å². The molecule has 8 nitrogen and oxygen atoms in total. The van der Waals surface area contributed by atoms with Gasteiger partial charge >= 0.3 is 0 Å². The quantitative estimate of drug-likeness (QED) is 0.355. The van der Waals surface area contributed by atoms with Crippen molar-refractivity contribution in [2.45, 2.75) is 13.3 Å². The van der Waals surface area contributed by atoms with Crippen LogP contribution in [0, 0.1) is 0 Å². The molecule has 0 saturated heterocycles. The Morgan fingerprint density at radius 3 is 2.05 bits per heavy atom. The van der Waals surface area contributed by atoms with Crippen LogP contribution >= 0.6 is 0 Å². The lowest BCUT2D eigenvalue weighted by Crippen LogP contribution is -2.31. The maximum atomic E-state index is 11.3. The van der Waals surface area contributed by atoms with Crippen molar-refractivity contribution in [1.82, 2.24) is 5.32 Å². The topological polar surface area (TPSA) is 109 Å². The van der Waals surface area contributed by atoms with Crippen molar-refractivity contribution in [2.75, 3.05) is 65.9 Å². The summed E-state index contributed by atoms with van der Waals surface area (Å²) in [6.07, 6.45) is 0.856. The Morgan fingerprint density at radius 1 is 0.864 bits per heavy atom. The number of nitrogens with one attached hydrogen (secondary N) is 1. The Kier molecular flexibility index (Phi) is 15.5. The molecule has 0 saturated carbocycles. The van der Waals surface area contributed by atoms with Crippen LogP contribution in [0.2, 0.25) is 0 Å². The van der Waals surface area contributed by atoms with E-state index in [-0.39, 0.29) is 24.9 Å². The van der Waals surface area contributed by atoms with Crippen molar-refractivity contribution < 1.29 is 28.5 Å². The minimum absolute atomic E-state index is 0.0444. The SMILES string of the molecule is CC(=O)COCC(=O)NCCOCCOCCOCCCN. The molecule has 0 bridgehead atoms. The number of rotatable bonds is 16. The number of carbonyl (C=O) groups excluding carboxylic acids is 2. The maximum absolute atomic E-state index is 11.3. The predicted octanol–water partition coefficient (Wildman–Crippen LogP) is -0.893. The molecule has 8 heteroatoms. The summed E-state index contributed by atoms with van der Waals surface area (Å²) in [7, 11) is 0. The number of ketones is 1. The van der Waals surface area contributed by atoms with Gasteiger partial charge in [0.25, 0.3) is 0 Å². The van der Waals surface area contributed by atoms with E-state index >= 15 is 0 Å². The highest BCUT2D eigenvalue weighted by Crippen LogP contribution is 1.83. The smallest absolute Gasteiger partial charge is 0.246 e. The zero-order valence-electron chi connectivity index (χ0n) is 13.3. The normalized spacial score (nSPS) is 10.6. The van der Waals surface area contributed by atoms with E-state index in [4.69, 9.17) is 24.7 Å². The summed E-state index contributed by atoms with van der Waals surface area (Å²) in [6.45, 7) is 5.34. The number of carbonyl (C=O) groups is 2. The summed E-state index contributed by atoms with van der Waals surface area (Å²) in [5.74, 6) is -0.378. The average Bonchev–Trinajstić information content (AvgIpc) is 2.48. The van der Waals surface area contributed by atoms with E-state index in [9.17, 15) is 9.59 Å². The molecule has 1 amide bonds. The molecule has 0 aliphatic heterocycles. The Bertz CT molecular complexity index is 289. The van der Waals surface area contributed by atoms with Crippen molar-refractivity contribution in [2.24, 2.45) is 5.73 Å². The fourth-order valence-corrected chi connectivity index (χ4v) is 1.33. The van der Waals surface area contributed by atoms with Crippen LogP contribution in [0.25, 0.3) is 0 Å². The summed E-state index contributed by atoms with van der Waals surface area (Å²) in [5, 5.41) is 2.62. The van der Waals surface area contributed by atoms with Gasteiger partial charge in [-0.2, -0.15) is 0 Å². The Balaban J connectivity index is 3.13. The van der Waals surface area contributed by atoms with Crippen LogP contribution in [-0.2, 0) is 28.5 Å². The van der Waals surface area contributed by atoms with Gasteiger partial charge in [-0.1, -0.05) is 0 Å². The number of ether oxygens (including phenoxy) is 4. The lowest BCUT2D eigenvalue weighted by atomic mass is 10.5. The number of Topliss-reactive ketones (excluding diaryl/α,β-unsaturated/α-hetero) is 1. The van der Waals surface area contributed by atoms with E-state index in [1.54, 1.807) is 0 Å². The highest BCUT2D eigenvalue weighted by Gasteiger charge is 2.01. The molecule has 0 unspecified atom stereocenters. The second-order valence-corrected chi connectivity index (χ2v) is 4.52. The minimum Gasteiger partial charge on any atom is -0.379 e. The molecular weight excluding hydrogens is 292 g/mol. The first-order chi connectivity index (χ1) is 10.7. The van der Waals surface area contributed by atoms with Gasteiger partial charge in [0.1, 0.15) is 13.2 Å². The number of hydrogen-bond donors (Lipinski definition) is 2. The van der Waals surface area contributed by atoms with Crippen LogP contribution in [0.5, 0.6) is 0 Å². The Morgan fingerprint density at radius 2 is 1.45 bits per heavy atom. The van der Waals surface area contributed by atoms with Crippen molar-refractivity contribution in [3.63, 3.8) is 0 Å². The van der Waals surface area contributed by atoms with Crippen LogP contribution in [-0.4, -0.2) is 77.6 Å². The summed E-state index contributed by atoms with van der Waals surface area (Å²) in [6, 6.07) is 0. The number of hydrogen-bond acceptors (Lipinski definition) is 7. The average molecular weight is 320 g/mol. The first-order valence-corrected chi connectivity index (χ1v) is 7.44. The third-order valence-electron chi connectivity index (χ3n) is 2.34. The zero-order chi connectivity index (χ0) is 16.5. The van der Waals surface area contributed by atoms with Crippen molar-refractivity contribution in [3.05, 3.63) is 0 Å². The zero-order valence-corrected chi connectivity index (χ0v) is 13.3. The molecule has 0 aliphatic rings. The van der Waals surface area contributed by atoms with Gasteiger partial charge in [0.05, 0.1) is 33.0 Å². The number of nitrogens with two attached hydrogens (primary N) is 1. The lowest BCUT2D eigenvalue weighted by Gasteiger charge is -2.07. The standard InChI is InChI=1S/C14H28N2O6/c1-13(17)11-22-12-14(18)16-4-6-20-8-10-21-9-7-19-5-2-3-15/h2-12,15H2,1H3,(H,16,18). The predicted molar refractivity (Wildman–Crippen MR) is 80.6 cm³/mol. The molecule has 0 rings (SSSR count). The number of amides is 1. The molecule has 0 aromatic rings. The van der Waals surface area contributed by atoms with Gasteiger partial charge in [-0.05, 0) is 19.9 Å². The summed E-state index contributed by atoms with van der Waals surface area (Å²) in [4.78, 5) is 21.9. The van der Waals surface area contributed by atoms with Crippen LogP contribution in [0.15, 0.2) is 0 Å². The van der Waals surface area contributed by atoms with Gasteiger partial charge in [0.2, 0.25) is 5.91 Å². The van der Waals surface area contributed by atoms with Crippen LogP contribution < -0.4 is 11.1 Å². The van der Waals surface area contributed by atoms with Crippen molar-refractivity contribution in [3.8, 4) is 0 Å². The third kappa shape index (κ3) is 17.0. The molecule has 0 radical (unpaired) electrons. The van der Waals surface area contributed by atoms with Crippen molar-refractivity contribution >= 4 is 11.7 Å². The molecule has 0 spiro atoms. The summed E-state index contributed by atoms with van der Waals surface area (Å²) >= 11 is 0. The Labute approximate surface area is 131 Å². The van der Waals surface area contributed by atoms with Gasteiger partial charge < -0.3 is 30.0 Å². The minimum atomic E-state index is -0.268. The summed E-state index contributed by atoms with van der Waals surface area (Å²) < 4.78 is 20.7. The molecular formula is C14H28N2O6. The van der Waals surface area contributed by atoms with Gasteiger partial charge in [0.15, 0.2) is 5.78 Å². The fourth-order valence-electron chi connectivity index (χ4n) is 1.33.